The summed E-state index contributed by atoms with van der Waals surface area (Å²) in [7, 11) is 0. The van der Waals surface area contributed by atoms with E-state index in [1.54, 1.807) is 0 Å². The largest absolute Gasteiger partial charge is 0.207 e. The number of unbranched alkanes of at least 4 members (excludes halogenated alkanes) is 1. The molecule has 0 aliphatic rings. The van der Waals surface area contributed by atoms with Crippen LogP contribution in [-0.4, -0.2) is 0 Å². The minimum absolute atomic E-state index is 0.202. The lowest BCUT2D eigenvalue weighted by molar-refractivity contribution is 0.515. The molecule has 22 heavy (non-hydrogen) atoms. The van der Waals surface area contributed by atoms with E-state index in [1.165, 1.54) is 37.1 Å². The molecule has 0 unspecified atom stereocenters. The third kappa shape index (κ3) is 4.94. The van der Waals surface area contributed by atoms with Gasteiger partial charge in [0.15, 0.2) is 0 Å². The molecule has 0 spiro atoms. The SMILES string of the molecule is CC(C)CCCCC(c1ccc(F)cc1)c1ccc(F)cc1. The maximum atomic E-state index is 13.2. The molecule has 0 aliphatic heterocycles. The molecule has 0 N–H and O–H groups in total. The van der Waals surface area contributed by atoms with Crippen LogP contribution in [0.5, 0.6) is 0 Å². The summed E-state index contributed by atoms with van der Waals surface area (Å²) in [5.41, 5.74) is 2.19. The summed E-state index contributed by atoms with van der Waals surface area (Å²) >= 11 is 0. The molecule has 0 saturated carbocycles. The maximum absolute atomic E-state index is 13.2. The van der Waals surface area contributed by atoms with Gasteiger partial charge >= 0.3 is 0 Å². The van der Waals surface area contributed by atoms with E-state index in [0.29, 0.717) is 0 Å². The highest BCUT2D eigenvalue weighted by molar-refractivity contribution is 5.32. The second-order valence-corrected chi connectivity index (χ2v) is 6.33. The van der Waals surface area contributed by atoms with Crippen molar-refractivity contribution in [3.8, 4) is 0 Å². The van der Waals surface area contributed by atoms with Crippen molar-refractivity contribution < 1.29 is 8.78 Å². The Labute approximate surface area is 132 Å². The highest BCUT2D eigenvalue weighted by Crippen LogP contribution is 2.30. The molecule has 2 aromatic rings. The Bertz CT molecular complexity index is 510. The van der Waals surface area contributed by atoms with Crippen molar-refractivity contribution in [1.82, 2.24) is 0 Å². The molecule has 0 nitrogen and oxygen atoms in total. The van der Waals surface area contributed by atoms with Crippen molar-refractivity contribution in [1.29, 1.82) is 0 Å². The van der Waals surface area contributed by atoms with Crippen LogP contribution in [0.25, 0.3) is 0 Å². The fraction of sp³-hybridized carbons (Fsp3) is 0.400. The van der Waals surface area contributed by atoms with Crippen LogP contribution in [0.1, 0.15) is 56.6 Å². The van der Waals surface area contributed by atoms with Gasteiger partial charge in [0.25, 0.3) is 0 Å². The molecule has 0 radical (unpaired) electrons. The van der Waals surface area contributed by atoms with Crippen molar-refractivity contribution in [3.63, 3.8) is 0 Å². The molecule has 0 fully saturated rings. The smallest absolute Gasteiger partial charge is 0.123 e. The van der Waals surface area contributed by atoms with Crippen LogP contribution in [-0.2, 0) is 0 Å². The van der Waals surface area contributed by atoms with Gasteiger partial charge in [0.05, 0.1) is 0 Å². The van der Waals surface area contributed by atoms with Crippen molar-refractivity contribution in [3.05, 3.63) is 71.3 Å². The van der Waals surface area contributed by atoms with Gasteiger partial charge in [-0.15, -0.1) is 0 Å². The molecule has 0 aromatic heterocycles. The van der Waals surface area contributed by atoms with Crippen LogP contribution < -0.4 is 0 Å². The molecular formula is C20H24F2. The molecule has 0 heterocycles. The van der Waals surface area contributed by atoms with Gasteiger partial charge in [-0.3, -0.25) is 0 Å². The number of halogens is 2. The van der Waals surface area contributed by atoms with Crippen LogP contribution in [0, 0.1) is 17.6 Å². The summed E-state index contributed by atoms with van der Waals surface area (Å²) in [6.45, 7) is 4.47. The van der Waals surface area contributed by atoms with E-state index < -0.39 is 0 Å². The number of rotatable bonds is 7. The predicted octanol–water partition coefficient (Wildman–Crippen LogP) is 6.31. The molecule has 0 saturated heterocycles. The summed E-state index contributed by atoms with van der Waals surface area (Å²) in [4.78, 5) is 0. The van der Waals surface area contributed by atoms with E-state index in [1.807, 2.05) is 24.3 Å². The first-order valence-corrected chi connectivity index (χ1v) is 8.07. The van der Waals surface area contributed by atoms with Gasteiger partial charge < -0.3 is 0 Å². The molecule has 0 atom stereocenters. The van der Waals surface area contributed by atoms with Crippen molar-refractivity contribution in [2.45, 2.75) is 45.4 Å². The van der Waals surface area contributed by atoms with E-state index >= 15 is 0 Å². The molecule has 2 heteroatoms. The van der Waals surface area contributed by atoms with E-state index in [0.717, 1.165) is 29.9 Å². The lowest BCUT2D eigenvalue weighted by Crippen LogP contribution is -2.02. The van der Waals surface area contributed by atoms with Gasteiger partial charge in [-0.2, -0.15) is 0 Å². The zero-order chi connectivity index (χ0) is 15.9. The number of hydrogen-bond acceptors (Lipinski definition) is 0. The Balaban J connectivity index is 2.13. The third-order valence-corrected chi connectivity index (χ3v) is 4.07. The van der Waals surface area contributed by atoms with E-state index in [9.17, 15) is 8.78 Å². The molecule has 0 amide bonds. The van der Waals surface area contributed by atoms with Gasteiger partial charge in [0.2, 0.25) is 0 Å². The second-order valence-electron chi connectivity index (χ2n) is 6.33. The second kappa shape index (κ2) is 8.07. The first-order valence-electron chi connectivity index (χ1n) is 8.07. The summed E-state index contributed by atoms with van der Waals surface area (Å²) in [5, 5.41) is 0. The summed E-state index contributed by atoms with van der Waals surface area (Å²) in [5.74, 6) is 0.478. The van der Waals surface area contributed by atoms with Gasteiger partial charge in [0, 0.05) is 5.92 Å². The third-order valence-electron chi connectivity index (χ3n) is 4.07. The average Bonchev–Trinajstić information content (AvgIpc) is 2.50. The molecule has 0 aliphatic carbocycles. The van der Waals surface area contributed by atoms with Gasteiger partial charge in [0.1, 0.15) is 11.6 Å². The van der Waals surface area contributed by atoms with Crippen LogP contribution >= 0.6 is 0 Å². The van der Waals surface area contributed by atoms with Gasteiger partial charge in [-0.25, -0.2) is 8.78 Å². The normalized spacial score (nSPS) is 11.4. The molecule has 0 bridgehead atoms. The Morgan fingerprint density at radius 2 is 1.09 bits per heavy atom. The standard InChI is InChI=1S/C20H24F2/c1-15(2)5-3-4-6-20(16-7-11-18(21)12-8-16)17-9-13-19(22)14-10-17/h7-15,20H,3-6H2,1-2H3. The first kappa shape index (κ1) is 16.7. The topological polar surface area (TPSA) is 0 Å². The predicted molar refractivity (Wildman–Crippen MR) is 87.9 cm³/mol. The average molecular weight is 302 g/mol. The summed E-state index contributed by atoms with van der Waals surface area (Å²) in [6.07, 6.45) is 4.54. The summed E-state index contributed by atoms with van der Waals surface area (Å²) < 4.78 is 26.3. The summed E-state index contributed by atoms with van der Waals surface area (Å²) in [6, 6.07) is 13.4. The van der Waals surface area contributed by atoms with Crippen LogP contribution in [0.15, 0.2) is 48.5 Å². The van der Waals surface area contributed by atoms with E-state index in [-0.39, 0.29) is 17.6 Å². The van der Waals surface area contributed by atoms with E-state index in [4.69, 9.17) is 0 Å². The van der Waals surface area contributed by atoms with Crippen molar-refractivity contribution >= 4 is 0 Å². The zero-order valence-corrected chi connectivity index (χ0v) is 13.4. The van der Waals surface area contributed by atoms with Crippen molar-refractivity contribution in [2.24, 2.45) is 5.92 Å². The van der Waals surface area contributed by atoms with Gasteiger partial charge in [-0.1, -0.05) is 57.4 Å². The Morgan fingerprint density at radius 3 is 1.50 bits per heavy atom. The molecular weight excluding hydrogens is 278 g/mol. The fourth-order valence-corrected chi connectivity index (χ4v) is 2.82. The first-order chi connectivity index (χ1) is 10.6. The Morgan fingerprint density at radius 1 is 0.682 bits per heavy atom. The lowest BCUT2D eigenvalue weighted by atomic mass is 9.86. The highest BCUT2D eigenvalue weighted by Gasteiger charge is 2.14. The minimum atomic E-state index is -0.221. The maximum Gasteiger partial charge on any atom is 0.123 e. The van der Waals surface area contributed by atoms with Gasteiger partial charge in [-0.05, 0) is 47.7 Å². The fourth-order valence-electron chi connectivity index (χ4n) is 2.82. The Hall–Kier alpha value is -1.70. The van der Waals surface area contributed by atoms with Crippen LogP contribution in [0.3, 0.4) is 0 Å². The number of benzene rings is 2. The zero-order valence-electron chi connectivity index (χ0n) is 13.4. The lowest BCUT2D eigenvalue weighted by Gasteiger charge is -2.18. The van der Waals surface area contributed by atoms with Crippen LogP contribution in [0.4, 0.5) is 8.78 Å². The number of hydrogen-bond donors (Lipinski definition) is 0. The van der Waals surface area contributed by atoms with Crippen molar-refractivity contribution in [2.75, 3.05) is 0 Å². The molecule has 2 aromatic carbocycles. The monoisotopic (exact) mass is 302 g/mol. The molecule has 2 rings (SSSR count). The minimum Gasteiger partial charge on any atom is -0.207 e. The quantitative estimate of drug-likeness (QED) is 0.525. The van der Waals surface area contributed by atoms with E-state index in [2.05, 4.69) is 13.8 Å². The Kier molecular flexibility index (Phi) is 6.11. The highest BCUT2D eigenvalue weighted by atomic mass is 19.1. The molecule has 118 valence electrons. The van der Waals surface area contributed by atoms with Crippen LogP contribution in [0.2, 0.25) is 0 Å².